The molecule has 1 fully saturated rings. The molecule has 2 aromatic heterocycles. The van der Waals surface area contributed by atoms with Gasteiger partial charge in [0.15, 0.2) is 5.82 Å². The van der Waals surface area contributed by atoms with Crippen molar-refractivity contribution < 1.29 is 9.26 Å². The largest absolute Gasteiger partial charge is 0.372 e. The third kappa shape index (κ3) is 3.94. The fraction of sp³-hybridized carbons (Fsp3) is 0.450. The Morgan fingerprint density at radius 3 is 2.70 bits per heavy atom. The Morgan fingerprint density at radius 1 is 1.22 bits per heavy atom. The summed E-state index contributed by atoms with van der Waals surface area (Å²) in [6, 6.07) is 10.4. The van der Waals surface area contributed by atoms with E-state index in [4.69, 9.17) is 9.26 Å². The topological polar surface area (TPSA) is 80.1 Å². The van der Waals surface area contributed by atoms with Gasteiger partial charge in [0.05, 0.1) is 24.4 Å². The fourth-order valence-electron chi connectivity index (χ4n) is 3.65. The van der Waals surface area contributed by atoms with Crippen LogP contribution < -0.4 is 0 Å². The van der Waals surface area contributed by atoms with Crippen molar-refractivity contribution in [2.24, 2.45) is 0 Å². The Kier molecular flexibility index (Phi) is 5.05. The van der Waals surface area contributed by atoms with Gasteiger partial charge in [-0.25, -0.2) is 4.98 Å². The third-order valence-corrected chi connectivity index (χ3v) is 5.15. The van der Waals surface area contributed by atoms with Gasteiger partial charge in [-0.05, 0) is 32.8 Å². The summed E-state index contributed by atoms with van der Waals surface area (Å²) < 4.78 is 11.5. The zero-order valence-electron chi connectivity index (χ0n) is 16.0. The molecular weight excluding hydrogens is 342 g/mol. The van der Waals surface area contributed by atoms with Crippen molar-refractivity contribution in [3.05, 3.63) is 64.6 Å². The number of aromatic amines is 1. The molecule has 142 valence electrons. The van der Waals surface area contributed by atoms with Crippen LogP contribution in [0.15, 0.2) is 34.9 Å². The average Bonchev–Trinajstić information content (AvgIpc) is 3.36. The van der Waals surface area contributed by atoms with Gasteiger partial charge < -0.3 is 9.26 Å². The summed E-state index contributed by atoms with van der Waals surface area (Å²) in [5.41, 5.74) is 3.26. The first-order valence-corrected chi connectivity index (χ1v) is 9.30. The molecular formula is C20H25N5O2. The second-order valence-corrected chi connectivity index (χ2v) is 7.18. The van der Waals surface area contributed by atoms with Gasteiger partial charge in [0.25, 0.3) is 0 Å². The van der Waals surface area contributed by atoms with Crippen molar-refractivity contribution >= 4 is 0 Å². The standard InChI is InChI=1S/C20H25N5O2/c1-13-18(14(2)27-24-13)11-25-10-17(26-12-16-7-5-4-6-8-16)9-19(25)20-21-15(3)22-23-20/h4-8,17,19H,9-12H2,1-3H3,(H,21,22,23)/t17-,19-/m0/s1. The summed E-state index contributed by atoms with van der Waals surface area (Å²) in [6.45, 7) is 8.07. The predicted molar refractivity (Wildman–Crippen MR) is 99.9 cm³/mol. The highest BCUT2D eigenvalue weighted by Crippen LogP contribution is 2.34. The zero-order valence-corrected chi connectivity index (χ0v) is 16.0. The maximum atomic E-state index is 6.21. The smallest absolute Gasteiger partial charge is 0.167 e. The molecule has 3 aromatic rings. The molecule has 7 nitrogen and oxygen atoms in total. The van der Waals surface area contributed by atoms with Crippen LogP contribution in [0, 0.1) is 20.8 Å². The maximum absolute atomic E-state index is 6.21. The lowest BCUT2D eigenvalue weighted by atomic mass is 10.1. The molecule has 0 unspecified atom stereocenters. The van der Waals surface area contributed by atoms with E-state index in [1.165, 1.54) is 5.56 Å². The zero-order chi connectivity index (χ0) is 18.8. The molecule has 0 bridgehead atoms. The third-order valence-electron chi connectivity index (χ3n) is 5.15. The number of nitrogens with zero attached hydrogens (tertiary/aromatic N) is 4. The highest BCUT2D eigenvalue weighted by atomic mass is 16.5. The van der Waals surface area contributed by atoms with Crippen LogP contribution >= 0.6 is 0 Å². The normalized spacial score (nSPS) is 20.4. The molecule has 0 amide bonds. The summed E-state index contributed by atoms with van der Waals surface area (Å²) in [7, 11) is 0. The minimum Gasteiger partial charge on any atom is -0.372 e. The number of rotatable bonds is 6. The van der Waals surface area contributed by atoms with E-state index in [-0.39, 0.29) is 12.1 Å². The number of aryl methyl sites for hydroxylation is 3. The maximum Gasteiger partial charge on any atom is 0.167 e. The monoisotopic (exact) mass is 367 g/mol. The second-order valence-electron chi connectivity index (χ2n) is 7.18. The van der Waals surface area contributed by atoms with Crippen LogP contribution in [0.5, 0.6) is 0 Å². The number of aromatic nitrogens is 4. The first-order chi connectivity index (χ1) is 13.1. The Hall–Kier alpha value is -2.51. The van der Waals surface area contributed by atoms with Crippen LogP contribution in [-0.4, -0.2) is 37.9 Å². The summed E-state index contributed by atoms with van der Waals surface area (Å²) >= 11 is 0. The van der Waals surface area contributed by atoms with Crippen molar-refractivity contribution in [3.63, 3.8) is 0 Å². The van der Waals surface area contributed by atoms with Crippen molar-refractivity contribution in [1.82, 2.24) is 25.2 Å². The summed E-state index contributed by atoms with van der Waals surface area (Å²) in [5.74, 6) is 2.52. The molecule has 2 atom stereocenters. The molecule has 1 aliphatic heterocycles. The molecule has 1 aliphatic rings. The van der Waals surface area contributed by atoms with Gasteiger partial charge in [0, 0.05) is 18.7 Å². The molecule has 0 radical (unpaired) electrons. The van der Waals surface area contributed by atoms with E-state index in [1.807, 2.05) is 39.0 Å². The molecule has 0 spiro atoms. The van der Waals surface area contributed by atoms with Crippen LogP contribution in [0.4, 0.5) is 0 Å². The van der Waals surface area contributed by atoms with Crippen molar-refractivity contribution in [2.45, 2.75) is 52.5 Å². The number of hydrogen-bond acceptors (Lipinski definition) is 6. The van der Waals surface area contributed by atoms with Gasteiger partial charge in [-0.2, -0.15) is 5.10 Å². The van der Waals surface area contributed by atoms with Crippen LogP contribution in [0.3, 0.4) is 0 Å². The first kappa shape index (κ1) is 17.9. The van der Waals surface area contributed by atoms with Gasteiger partial charge >= 0.3 is 0 Å². The van der Waals surface area contributed by atoms with Gasteiger partial charge in [-0.3, -0.25) is 10.00 Å². The number of ether oxygens (including phenoxy) is 1. The first-order valence-electron chi connectivity index (χ1n) is 9.30. The Morgan fingerprint density at radius 2 is 2.04 bits per heavy atom. The minimum atomic E-state index is 0.115. The number of hydrogen-bond donors (Lipinski definition) is 1. The average molecular weight is 367 g/mol. The molecule has 0 aliphatic carbocycles. The Balaban J connectivity index is 1.50. The highest BCUT2D eigenvalue weighted by Gasteiger charge is 2.36. The number of benzene rings is 1. The van der Waals surface area contributed by atoms with E-state index in [0.717, 1.165) is 48.2 Å². The van der Waals surface area contributed by atoms with Crippen LogP contribution in [0.25, 0.3) is 0 Å². The lowest BCUT2D eigenvalue weighted by molar-refractivity contribution is 0.0461. The van der Waals surface area contributed by atoms with Crippen molar-refractivity contribution in [1.29, 1.82) is 0 Å². The summed E-state index contributed by atoms with van der Waals surface area (Å²) in [4.78, 5) is 6.93. The molecule has 27 heavy (non-hydrogen) atoms. The second kappa shape index (κ2) is 7.62. The minimum absolute atomic E-state index is 0.115. The highest BCUT2D eigenvalue weighted by molar-refractivity contribution is 5.21. The Labute approximate surface area is 158 Å². The van der Waals surface area contributed by atoms with Gasteiger partial charge in [0.2, 0.25) is 0 Å². The molecule has 0 saturated carbocycles. The summed E-state index contributed by atoms with van der Waals surface area (Å²) in [6.07, 6.45) is 1.00. The molecule has 3 heterocycles. The van der Waals surface area contributed by atoms with Gasteiger partial charge in [0.1, 0.15) is 11.6 Å². The van der Waals surface area contributed by atoms with Crippen LogP contribution in [0.1, 0.15) is 46.7 Å². The molecule has 1 aromatic carbocycles. The van der Waals surface area contributed by atoms with Crippen molar-refractivity contribution in [3.8, 4) is 0 Å². The summed E-state index contributed by atoms with van der Waals surface area (Å²) in [5, 5.41) is 11.4. The van der Waals surface area contributed by atoms with E-state index < -0.39 is 0 Å². The Bertz CT molecular complexity index is 869. The molecule has 7 heteroatoms. The predicted octanol–water partition coefficient (Wildman–Crippen LogP) is 3.25. The molecule has 4 rings (SSSR count). The number of H-pyrrole nitrogens is 1. The number of nitrogens with one attached hydrogen (secondary N) is 1. The lowest BCUT2D eigenvalue weighted by Crippen LogP contribution is -2.26. The van der Waals surface area contributed by atoms with E-state index in [9.17, 15) is 0 Å². The van der Waals surface area contributed by atoms with E-state index in [0.29, 0.717) is 6.61 Å². The van der Waals surface area contributed by atoms with E-state index in [2.05, 4.69) is 37.4 Å². The van der Waals surface area contributed by atoms with Crippen LogP contribution in [0.2, 0.25) is 0 Å². The van der Waals surface area contributed by atoms with Gasteiger partial charge in [-0.1, -0.05) is 35.5 Å². The van der Waals surface area contributed by atoms with Crippen LogP contribution in [-0.2, 0) is 17.9 Å². The van der Waals surface area contributed by atoms with Crippen molar-refractivity contribution in [2.75, 3.05) is 6.54 Å². The van der Waals surface area contributed by atoms with E-state index >= 15 is 0 Å². The van der Waals surface area contributed by atoms with Gasteiger partial charge in [-0.15, -0.1) is 0 Å². The molecule has 1 N–H and O–H groups in total. The quantitative estimate of drug-likeness (QED) is 0.720. The fourth-order valence-corrected chi connectivity index (χ4v) is 3.65. The molecule has 1 saturated heterocycles. The SMILES string of the molecule is Cc1nc([C@@H]2C[C@H](OCc3ccccc3)CN2Cc2c(C)noc2C)n[nH]1. The van der Waals surface area contributed by atoms with E-state index in [1.54, 1.807) is 0 Å². The lowest BCUT2D eigenvalue weighted by Gasteiger charge is -2.21. The number of likely N-dealkylation sites (tertiary alicyclic amines) is 1.